The van der Waals surface area contributed by atoms with Crippen LogP contribution in [0.4, 0.5) is 0 Å². The maximum absolute atomic E-state index is 12.3. The van der Waals surface area contributed by atoms with Gasteiger partial charge in [-0.1, -0.05) is 24.3 Å². The number of benzene rings is 2. The van der Waals surface area contributed by atoms with Gasteiger partial charge in [0.25, 0.3) is 0 Å². The molecule has 0 bridgehead atoms. The molecule has 0 saturated heterocycles. The maximum Gasteiger partial charge on any atom is 0.337 e. The molecule has 0 unspecified atom stereocenters. The largest absolute Gasteiger partial charge is 0.508 e. The number of carboxylic acids is 1. The zero-order valence-electron chi connectivity index (χ0n) is 10.4. The predicted molar refractivity (Wildman–Crippen MR) is 72.4 cm³/mol. The van der Waals surface area contributed by atoms with Crippen molar-refractivity contribution in [1.82, 2.24) is 0 Å². The molecule has 0 aliphatic carbocycles. The summed E-state index contributed by atoms with van der Waals surface area (Å²) in [5.41, 5.74) is 0.231. The Hall–Kier alpha value is -2.34. The average Bonchev–Trinajstić information content (AvgIpc) is 2.41. The zero-order valence-corrected chi connectivity index (χ0v) is 11.2. The van der Waals surface area contributed by atoms with Gasteiger partial charge in [-0.3, -0.25) is 0 Å². The lowest BCUT2D eigenvalue weighted by Gasteiger charge is -2.08. The molecule has 0 fully saturated rings. The summed E-state index contributed by atoms with van der Waals surface area (Å²) in [4.78, 5) is 10.9. The molecule has 2 rings (SSSR count). The molecule has 0 spiro atoms. The molecule has 20 heavy (non-hydrogen) atoms. The maximum atomic E-state index is 12.3. The Morgan fingerprint density at radius 1 is 1.00 bits per heavy atom. The highest BCUT2D eigenvalue weighted by atomic mass is 32.2. The second kappa shape index (κ2) is 5.34. The summed E-state index contributed by atoms with van der Waals surface area (Å²) in [6, 6.07) is 11.2. The minimum Gasteiger partial charge on any atom is -0.508 e. The van der Waals surface area contributed by atoms with Gasteiger partial charge >= 0.3 is 5.97 Å². The number of carboxylic acid groups (broad SMARTS) is 1. The van der Waals surface area contributed by atoms with Crippen LogP contribution in [0.3, 0.4) is 0 Å². The molecule has 0 saturated carbocycles. The molecule has 0 radical (unpaired) electrons. The summed E-state index contributed by atoms with van der Waals surface area (Å²) in [5.74, 6) is -1.57. The topological polar surface area (TPSA) is 91.7 Å². The van der Waals surface area contributed by atoms with Crippen molar-refractivity contribution >= 4 is 15.8 Å². The third kappa shape index (κ3) is 2.97. The summed E-state index contributed by atoms with van der Waals surface area (Å²) in [5, 5.41) is 18.2. The number of aromatic carboxylic acids is 1. The van der Waals surface area contributed by atoms with Crippen molar-refractivity contribution in [2.24, 2.45) is 0 Å². The van der Waals surface area contributed by atoms with Crippen molar-refractivity contribution in [3.05, 3.63) is 59.7 Å². The molecule has 0 atom stereocenters. The Morgan fingerprint density at radius 2 is 1.60 bits per heavy atom. The van der Waals surface area contributed by atoms with Gasteiger partial charge in [-0.05, 0) is 29.8 Å². The van der Waals surface area contributed by atoms with Gasteiger partial charge in [-0.25, -0.2) is 13.2 Å². The predicted octanol–water partition coefficient (Wildman–Crippen LogP) is 2.06. The first kappa shape index (κ1) is 14.1. The molecular weight excluding hydrogens is 280 g/mol. The molecule has 2 aromatic rings. The minimum absolute atomic E-state index is 0.0390. The summed E-state index contributed by atoms with van der Waals surface area (Å²) in [6.45, 7) is 0. The van der Waals surface area contributed by atoms with Crippen molar-refractivity contribution < 1.29 is 23.4 Å². The van der Waals surface area contributed by atoms with Crippen LogP contribution < -0.4 is 0 Å². The summed E-state index contributed by atoms with van der Waals surface area (Å²) in [7, 11) is -3.76. The first-order chi connectivity index (χ1) is 9.40. The highest BCUT2D eigenvalue weighted by Gasteiger charge is 2.22. The van der Waals surface area contributed by atoms with Crippen LogP contribution in [-0.2, 0) is 15.6 Å². The fraction of sp³-hybridized carbons (Fsp3) is 0.0714. The molecule has 6 heteroatoms. The number of carbonyl (C=O) groups is 1. The molecular formula is C14H12O5S. The van der Waals surface area contributed by atoms with Crippen LogP contribution in [0.25, 0.3) is 0 Å². The number of hydrogen-bond donors (Lipinski definition) is 2. The highest BCUT2D eigenvalue weighted by molar-refractivity contribution is 7.90. The second-order valence-corrected chi connectivity index (χ2v) is 6.18. The minimum atomic E-state index is -3.76. The number of sulfone groups is 1. The van der Waals surface area contributed by atoms with E-state index in [4.69, 9.17) is 10.2 Å². The van der Waals surface area contributed by atoms with Gasteiger partial charge < -0.3 is 10.2 Å². The molecule has 0 aliphatic heterocycles. The van der Waals surface area contributed by atoms with Crippen molar-refractivity contribution in [3.8, 4) is 5.75 Å². The lowest BCUT2D eigenvalue weighted by molar-refractivity contribution is 0.0692. The van der Waals surface area contributed by atoms with E-state index in [2.05, 4.69) is 0 Å². The Balaban J connectivity index is 2.41. The van der Waals surface area contributed by atoms with Gasteiger partial charge in [0.15, 0.2) is 9.84 Å². The molecule has 2 N–H and O–H groups in total. The number of hydrogen-bond acceptors (Lipinski definition) is 4. The molecule has 0 aromatic heterocycles. The fourth-order valence-electron chi connectivity index (χ4n) is 1.80. The number of aromatic hydroxyl groups is 1. The van der Waals surface area contributed by atoms with Crippen LogP contribution in [0.2, 0.25) is 0 Å². The number of phenols is 1. The van der Waals surface area contributed by atoms with Crippen LogP contribution in [0.15, 0.2) is 53.4 Å². The van der Waals surface area contributed by atoms with Gasteiger partial charge in [0.2, 0.25) is 0 Å². The van der Waals surface area contributed by atoms with Crippen LogP contribution in [0.5, 0.6) is 5.75 Å². The summed E-state index contributed by atoms with van der Waals surface area (Å²) in [6.07, 6.45) is 0. The monoisotopic (exact) mass is 292 g/mol. The molecule has 104 valence electrons. The van der Waals surface area contributed by atoms with Crippen LogP contribution in [0.1, 0.15) is 15.9 Å². The third-order valence-electron chi connectivity index (χ3n) is 2.75. The lowest BCUT2D eigenvalue weighted by atomic mass is 10.2. The van der Waals surface area contributed by atoms with Crippen LogP contribution in [-0.4, -0.2) is 24.6 Å². The Kier molecular flexibility index (Phi) is 3.76. The van der Waals surface area contributed by atoms with Crippen molar-refractivity contribution in [2.45, 2.75) is 10.6 Å². The molecule has 0 aliphatic rings. The van der Waals surface area contributed by atoms with E-state index in [0.717, 1.165) is 0 Å². The van der Waals surface area contributed by atoms with E-state index in [1.54, 1.807) is 0 Å². The average molecular weight is 292 g/mol. The Morgan fingerprint density at radius 3 is 2.20 bits per heavy atom. The first-order valence-corrected chi connectivity index (χ1v) is 7.38. The molecule has 0 amide bonds. The lowest BCUT2D eigenvalue weighted by Crippen LogP contribution is -2.11. The Bertz CT molecular complexity index is 732. The highest BCUT2D eigenvalue weighted by Crippen LogP contribution is 2.21. The van der Waals surface area contributed by atoms with E-state index >= 15 is 0 Å². The van der Waals surface area contributed by atoms with Gasteiger partial charge in [0.1, 0.15) is 5.75 Å². The quantitative estimate of drug-likeness (QED) is 0.900. The molecule has 0 heterocycles. The third-order valence-corrected chi connectivity index (χ3v) is 4.49. The van der Waals surface area contributed by atoms with Gasteiger partial charge in [0, 0.05) is 0 Å². The fourth-order valence-corrected chi connectivity index (χ4v) is 3.37. The van der Waals surface area contributed by atoms with Crippen molar-refractivity contribution in [1.29, 1.82) is 0 Å². The SMILES string of the molecule is O=C(O)c1ccccc1S(=O)(=O)Cc1ccc(O)cc1. The molecule has 2 aromatic carbocycles. The van der Waals surface area contributed by atoms with Gasteiger partial charge in [-0.2, -0.15) is 0 Å². The normalized spacial score (nSPS) is 11.2. The number of phenolic OH excluding ortho intramolecular Hbond substituents is 1. The first-order valence-electron chi connectivity index (χ1n) is 5.73. The number of rotatable bonds is 4. The van der Waals surface area contributed by atoms with Gasteiger partial charge in [-0.15, -0.1) is 0 Å². The van der Waals surface area contributed by atoms with Crippen molar-refractivity contribution in [3.63, 3.8) is 0 Å². The summed E-state index contributed by atoms with van der Waals surface area (Å²) < 4.78 is 24.6. The van der Waals surface area contributed by atoms with Crippen molar-refractivity contribution in [2.75, 3.05) is 0 Å². The summed E-state index contributed by atoms with van der Waals surface area (Å²) >= 11 is 0. The van der Waals surface area contributed by atoms with E-state index in [-0.39, 0.29) is 22.0 Å². The van der Waals surface area contributed by atoms with E-state index in [9.17, 15) is 13.2 Å². The van der Waals surface area contributed by atoms with E-state index in [0.29, 0.717) is 5.56 Å². The smallest absolute Gasteiger partial charge is 0.337 e. The van der Waals surface area contributed by atoms with E-state index in [1.807, 2.05) is 0 Å². The van der Waals surface area contributed by atoms with Gasteiger partial charge in [0.05, 0.1) is 16.2 Å². The van der Waals surface area contributed by atoms with Crippen LogP contribution >= 0.6 is 0 Å². The van der Waals surface area contributed by atoms with E-state index < -0.39 is 15.8 Å². The standard InChI is InChI=1S/C14H12O5S/c15-11-7-5-10(6-8-11)9-20(18,19)13-4-2-1-3-12(13)14(16)17/h1-8,15H,9H2,(H,16,17). The van der Waals surface area contributed by atoms with Crippen LogP contribution in [0, 0.1) is 0 Å². The Labute approximate surface area is 116 Å². The molecule has 5 nitrogen and oxygen atoms in total. The zero-order chi connectivity index (χ0) is 14.8. The van der Waals surface area contributed by atoms with E-state index in [1.165, 1.54) is 48.5 Å². The second-order valence-electron chi connectivity index (χ2n) is 4.23.